The number of nitrogens with zero attached hydrogens (tertiary/aromatic N) is 2. The molecule has 34 heavy (non-hydrogen) atoms. The van der Waals surface area contributed by atoms with E-state index in [1.54, 1.807) is 0 Å². The van der Waals surface area contributed by atoms with Crippen LogP contribution in [0.4, 0.5) is 0 Å². The topological polar surface area (TPSA) is 25.8 Å². The summed E-state index contributed by atoms with van der Waals surface area (Å²) in [6.07, 6.45) is 3.72. The summed E-state index contributed by atoms with van der Waals surface area (Å²) in [5.74, 6) is 0. The molecule has 0 amide bonds. The van der Waals surface area contributed by atoms with Crippen molar-refractivity contribution < 1.29 is 0 Å². The van der Waals surface area contributed by atoms with Crippen molar-refractivity contribution in [3.05, 3.63) is 106 Å². The molecule has 0 aliphatic carbocycles. The van der Waals surface area contributed by atoms with Crippen LogP contribution in [-0.4, -0.2) is 9.97 Å². The SMILES string of the molecule is Brc1ccc2c3c(-c4ccccn4)ccc4c(Br)ccc(c5c(-c6ccccn6)ccc1c25)c43. The summed E-state index contributed by atoms with van der Waals surface area (Å²) in [5, 5.41) is 9.81. The maximum Gasteiger partial charge on any atom is 0.0708 e. The molecule has 4 heteroatoms. The summed E-state index contributed by atoms with van der Waals surface area (Å²) in [5.41, 5.74) is 4.24. The number of pyridine rings is 2. The van der Waals surface area contributed by atoms with E-state index in [1.165, 1.54) is 43.1 Å². The van der Waals surface area contributed by atoms with E-state index in [1.807, 2.05) is 36.7 Å². The fraction of sp³-hybridized carbons (Fsp3) is 0. The van der Waals surface area contributed by atoms with Gasteiger partial charge in [-0.2, -0.15) is 0 Å². The average Bonchev–Trinajstić information content (AvgIpc) is 2.89. The molecule has 0 aliphatic rings. The lowest BCUT2D eigenvalue weighted by molar-refractivity contribution is 1.33. The van der Waals surface area contributed by atoms with E-state index in [9.17, 15) is 0 Å². The predicted molar refractivity (Wildman–Crippen MR) is 150 cm³/mol. The molecule has 0 unspecified atom stereocenters. The van der Waals surface area contributed by atoms with Crippen molar-refractivity contribution in [1.29, 1.82) is 0 Å². The Kier molecular flexibility index (Phi) is 4.48. The zero-order valence-corrected chi connectivity index (χ0v) is 21.1. The van der Waals surface area contributed by atoms with Crippen molar-refractivity contribution in [2.75, 3.05) is 0 Å². The summed E-state index contributed by atoms with van der Waals surface area (Å²) in [6.45, 7) is 0. The molecule has 2 heterocycles. The van der Waals surface area contributed by atoms with Gasteiger partial charge in [-0.15, -0.1) is 0 Å². The molecule has 0 radical (unpaired) electrons. The monoisotopic (exact) mass is 562 g/mol. The van der Waals surface area contributed by atoms with Crippen molar-refractivity contribution in [1.82, 2.24) is 9.97 Å². The van der Waals surface area contributed by atoms with Crippen molar-refractivity contribution in [3.63, 3.8) is 0 Å². The van der Waals surface area contributed by atoms with E-state index < -0.39 is 0 Å². The molecule has 0 atom stereocenters. The molecule has 160 valence electrons. The highest BCUT2D eigenvalue weighted by molar-refractivity contribution is 9.11. The van der Waals surface area contributed by atoms with Gasteiger partial charge in [-0.05, 0) is 68.7 Å². The van der Waals surface area contributed by atoms with Crippen molar-refractivity contribution in [2.24, 2.45) is 0 Å². The quantitative estimate of drug-likeness (QED) is 0.155. The van der Waals surface area contributed by atoms with Crippen LogP contribution < -0.4 is 0 Å². The zero-order chi connectivity index (χ0) is 22.8. The Morgan fingerprint density at radius 3 is 1.26 bits per heavy atom. The van der Waals surface area contributed by atoms with Crippen molar-refractivity contribution in [2.45, 2.75) is 0 Å². The van der Waals surface area contributed by atoms with Crippen LogP contribution in [0, 0.1) is 0 Å². The lowest BCUT2D eigenvalue weighted by Crippen LogP contribution is -1.94. The Bertz CT molecular complexity index is 1720. The molecule has 5 aromatic carbocycles. The largest absolute Gasteiger partial charge is 0.256 e. The van der Waals surface area contributed by atoms with Crippen LogP contribution in [0.3, 0.4) is 0 Å². The fourth-order valence-electron chi connectivity index (χ4n) is 5.27. The minimum atomic E-state index is 0.978. The molecule has 0 saturated carbocycles. The molecular formula is C30H16Br2N2. The first-order valence-electron chi connectivity index (χ1n) is 11.1. The highest BCUT2D eigenvalue weighted by atomic mass is 79.9. The molecule has 7 aromatic rings. The molecule has 0 spiro atoms. The number of rotatable bonds is 2. The third-order valence-electron chi connectivity index (χ3n) is 6.68. The highest BCUT2D eigenvalue weighted by Gasteiger charge is 2.21. The first kappa shape index (κ1) is 20.1. The van der Waals surface area contributed by atoms with Crippen LogP contribution in [0.5, 0.6) is 0 Å². The molecule has 0 saturated heterocycles. The molecule has 0 bridgehead atoms. The van der Waals surface area contributed by atoms with Gasteiger partial charge < -0.3 is 0 Å². The van der Waals surface area contributed by atoms with E-state index in [-0.39, 0.29) is 0 Å². The van der Waals surface area contributed by atoms with E-state index in [0.717, 1.165) is 31.5 Å². The van der Waals surface area contributed by atoms with Gasteiger partial charge in [0.25, 0.3) is 0 Å². The van der Waals surface area contributed by atoms with Gasteiger partial charge in [-0.3, -0.25) is 9.97 Å². The Labute approximate surface area is 212 Å². The highest BCUT2D eigenvalue weighted by Crippen LogP contribution is 2.48. The summed E-state index contributed by atoms with van der Waals surface area (Å²) in [4.78, 5) is 9.42. The normalized spacial score (nSPS) is 11.8. The number of aromatic nitrogens is 2. The Morgan fingerprint density at radius 1 is 0.412 bits per heavy atom. The minimum absolute atomic E-state index is 0.978. The van der Waals surface area contributed by atoms with Crippen LogP contribution in [0.25, 0.3) is 65.6 Å². The van der Waals surface area contributed by atoms with E-state index >= 15 is 0 Å². The average molecular weight is 564 g/mol. The number of benzene rings is 5. The predicted octanol–water partition coefficient (Wildman–Crippen LogP) is 9.39. The second kappa shape index (κ2) is 7.59. The minimum Gasteiger partial charge on any atom is -0.256 e. The van der Waals surface area contributed by atoms with E-state index in [4.69, 9.17) is 9.97 Å². The molecule has 0 fully saturated rings. The molecule has 7 rings (SSSR count). The lowest BCUT2D eigenvalue weighted by atomic mass is 9.85. The summed E-state index contributed by atoms with van der Waals surface area (Å²) < 4.78 is 2.18. The van der Waals surface area contributed by atoms with Gasteiger partial charge in [0.2, 0.25) is 0 Å². The third kappa shape index (κ3) is 2.79. The summed E-state index contributed by atoms with van der Waals surface area (Å²) in [7, 11) is 0. The maximum atomic E-state index is 4.71. The van der Waals surface area contributed by atoms with Crippen LogP contribution in [0.15, 0.2) is 106 Å². The maximum absolute atomic E-state index is 4.71. The van der Waals surface area contributed by atoms with Gasteiger partial charge >= 0.3 is 0 Å². The van der Waals surface area contributed by atoms with Crippen LogP contribution in [0.2, 0.25) is 0 Å². The van der Waals surface area contributed by atoms with Crippen molar-refractivity contribution >= 4 is 74.9 Å². The second-order valence-corrected chi connectivity index (χ2v) is 10.1. The smallest absolute Gasteiger partial charge is 0.0708 e. The van der Waals surface area contributed by atoms with Crippen LogP contribution in [0.1, 0.15) is 0 Å². The zero-order valence-electron chi connectivity index (χ0n) is 17.9. The molecule has 0 N–H and O–H groups in total. The fourth-order valence-corrected chi connectivity index (χ4v) is 6.19. The first-order valence-corrected chi connectivity index (χ1v) is 12.6. The second-order valence-electron chi connectivity index (χ2n) is 8.44. The van der Waals surface area contributed by atoms with Gasteiger partial charge in [-0.25, -0.2) is 0 Å². The molecule has 0 aliphatic heterocycles. The number of hydrogen-bond acceptors (Lipinski definition) is 2. The van der Waals surface area contributed by atoms with E-state index in [2.05, 4.69) is 92.5 Å². The number of halogens is 2. The van der Waals surface area contributed by atoms with Gasteiger partial charge in [0.15, 0.2) is 0 Å². The van der Waals surface area contributed by atoms with Crippen LogP contribution >= 0.6 is 31.9 Å². The van der Waals surface area contributed by atoms with Crippen LogP contribution in [-0.2, 0) is 0 Å². The standard InChI is InChI=1S/C30H16Br2N2/c31-23-14-12-22-27-17(23)7-9-19(25-5-1-3-15-33-25)29(27)21-11-13-24(32)18-8-10-20(30(22)28(18)21)26-6-2-4-16-34-26/h1-16H. The Morgan fingerprint density at radius 2 is 0.853 bits per heavy atom. The van der Waals surface area contributed by atoms with E-state index in [0.29, 0.717) is 0 Å². The lowest BCUT2D eigenvalue weighted by Gasteiger charge is -2.20. The summed E-state index contributed by atoms with van der Waals surface area (Å²) >= 11 is 7.63. The number of fused-ring (bicyclic) bond motifs is 2. The van der Waals surface area contributed by atoms with Gasteiger partial charge in [0, 0.05) is 43.2 Å². The van der Waals surface area contributed by atoms with Gasteiger partial charge in [0.1, 0.15) is 0 Å². The first-order chi connectivity index (χ1) is 16.7. The van der Waals surface area contributed by atoms with Gasteiger partial charge in [0.05, 0.1) is 11.4 Å². The van der Waals surface area contributed by atoms with Gasteiger partial charge in [-0.1, -0.05) is 80.4 Å². The number of hydrogen-bond donors (Lipinski definition) is 0. The molecule has 2 aromatic heterocycles. The summed E-state index contributed by atoms with van der Waals surface area (Å²) in [6, 6.07) is 29.8. The Hall–Kier alpha value is -3.34. The molecule has 2 nitrogen and oxygen atoms in total. The van der Waals surface area contributed by atoms with Crippen molar-refractivity contribution in [3.8, 4) is 22.5 Å². The molecular weight excluding hydrogens is 548 g/mol. The third-order valence-corrected chi connectivity index (χ3v) is 8.06. The Balaban J connectivity index is 1.81.